The fraction of sp³-hybridized carbons (Fsp3) is 0. The molecule has 0 rings (SSSR count). The van der Waals surface area contributed by atoms with E-state index >= 15 is 0 Å². The van der Waals surface area contributed by atoms with E-state index in [4.69, 9.17) is 0 Å². The standard InChI is InChI=1S/3ClH.Na.Ru.H/h3*1H;;;/q;;;+1;+3;-1/p-3. The first kappa shape index (κ1) is 50.8. The zero-order chi connectivity index (χ0) is 0. The minimum Gasteiger partial charge on any atom is -1.00 e. The van der Waals surface area contributed by atoms with Crippen molar-refractivity contribution in [3.8, 4) is 0 Å². The molecule has 0 aromatic carbocycles. The monoisotopic (exact) mass is 231 g/mol. The summed E-state index contributed by atoms with van der Waals surface area (Å²) >= 11 is 0. The van der Waals surface area contributed by atoms with Gasteiger partial charge < -0.3 is 38.6 Å². The van der Waals surface area contributed by atoms with Crippen LogP contribution in [0, 0.1) is 0 Å². The van der Waals surface area contributed by atoms with E-state index in [1.165, 1.54) is 0 Å². The molecular formula is HCl3NaRu. The number of halogens is 3. The molecule has 0 aromatic heterocycles. The van der Waals surface area contributed by atoms with Crippen LogP contribution in [0.5, 0.6) is 0 Å². The first-order chi connectivity index (χ1) is 0. The van der Waals surface area contributed by atoms with Gasteiger partial charge in [-0.05, 0) is 0 Å². The first-order valence-electron chi connectivity index (χ1n) is 0. The van der Waals surface area contributed by atoms with Gasteiger partial charge in [0.25, 0.3) is 0 Å². The van der Waals surface area contributed by atoms with Crippen molar-refractivity contribution in [2.45, 2.75) is 0 Å². The normalized spacial score (nSPS) is 0. The maximum absolute atomic E-state index is 0. The topological polar surface area (TPSA) is 0 Å². The summed E-state index contributed by atoms with van der Waals surface area (Å²) in [5.41, 5.74) is 0. The average molecular weight is 231 g/mol. The Balaban J connectivity index is 0. The van der Waals surface area contributed by atoms with Gasteiger partial charge in [-0.2, -0.15) is 0 Å². The second-order valence-electron chi connectivity index (χ2n) is 0. The van der Waals surface area contributed by atoms with Gasteiger partial charge in [-0.3, -0.25) is 0 Å². The Kier molecular flexibility index (Phi) is 320. The molecule has 0 aliphatic heterocycles. The van der Waals surface area contributed by atoms with Crippen LogP contribution in [-0.2, 0) is 19.5 Å². The molecule has 0 heterocycles. The summed E-state index contributed by atoms with van der Waals surface area (Å²) in [5.74, 6) is 0. The molecule has 0 atom stereocenters. The number of hydrogen-bond acceptors (Lipinski definition) is 0. The minimum absolute atomic E-state index is 0. The molecule has 0 aliphatic carbocycles. The van der Waals surface area contributed by atoms with Crippen LogP contribution in [0.4, 0.5) is 0 Å². The van der Waals surface area contributed by atoms with Crippen LogP contribution in [0.15, 0.2) is 0 Å². The van der Waals surface area contributed by atoms with Crippen LogP contribution in [0.2, 0.25) is 0 Å². The molecule has 0 saturated heterocycles. The van der Waals surface area contributed by atoms with Crippen molar-refractivity contribution in [3.63, 3.8) is 0 Å². The number of rotatable bonds is 0. The number of hydrogen-bond donors (Lipinski definition) is 0. The second-order valence-corrected chi connectivity index (χ2v) is 0. The van der Waals surface area contributed by atoms with Gasteiger partial charge in [-0.1, -0.05) is 0 Å². The van der Waals surface area contributed by atoms with Gasteiger partial charge in [0, 0.05) is 0 Å². The molecule has 0 N–H and O–H groups in total. The van der Waals surface area contributed by atoms with Crippen LogP contribution >= 0.6 is 0 Å². The Morgan fingerprint density at radius 3 is 0.800 bits per heavy atom. The van der Waals surface area contributed by atoms with Gasteiger partial charge in [0.05, 0.1) is 0 Å². The molecule has 31 valence electrons. The second kappa shape index (κ2) is 31.5. The van der Waals surface area contributed by atoms with Crippen molar-refractivity contribution in [1.82, 2.24) is 0 Å². The van der Waals surface area contributed by atoms with Gasteiger partial charge in [0.2, 0.25) is 0 Å². The van der Waals surface area contributed by atoms with Crippen LogP contribution in [-0.4, -0.2) is 0 Å². The average Bonchev–Trinajstić information content (AvgIpc) is 0. The predicted octanol–water partition coefficient (Wildman–Crippen LogP) is -11.9. The fourth-order valence-electron chi connectivity index (χ4n) is 0. The third-order valence-electron chi connectivity index (χ3n) is 0. The molecule has 0 saturated carbocycles. The van der Waals surface area contributed by atoms with Crippen LogP contribution < -0.4 is 66.8 Å². The third kappa shape index (κ3) is 21.1. The van der Waals surface area contributed by atoms with Gasteiger partial charge >= 0.3 is 49.0 Å². The molecule has 0 fully saturated rings. The predicted molar refractivity (Wildman–Crippen MR) is 1.11 cm³/mol. The summed E-state index contributed by atoms with van der Waals surface area (Å²) in [6.07, 6.45) is 0. The van der Waals surface area contributed by atoms with Gasteiger partial charge in [0.1, 0.15) is 0 Å². The quantitative estimate of drug-likeness (QED) is 0.363. The van der Waals surface area contributed by atoms with Gasteiger partial charge in [-0.25, -0.2) is 0 Å². The van der Waals surface area contributed by atoms with Crippen LogP contribution in [0.25, 0.3) is 0 Å². The molecule has 0 aromatic rings. The Hall–Kier alpha value is 2.49. The van der Waals surface area contributed by atoms with E-state index in [0.717, 1.165) is 0 Å². The van der Waals surface area contributed by atoms with Crippen LogP contribution in [0.1, 0.15) is 1.43 Å². The maximum Gasteiger partial charge on any atom is 3.00 e. The summed E-state index contributed by atoms with van der Waals surface area (Å²) in [4.78, 5) is 0. The van der Waals surface area contributed by atoms with Crippen LogP contribution in [0.3, 0.4) is 0 Å². The Morgan fingerprint density at radius 2 is 0.800 bits per heavy atom. The third-order valence-corrected chi connectivity index (χ3v) is 0. The van der Waals surface area contributed by atoms with E-state index in [0.29, 0.717) is 0 Å². The molecule has 0 unspecified atom stereocenters. The summed E-state index contributed by atoms with van der Waals surface area (Å²) in [5, 5.41) is 0. The van der Waals surface area contributed by atoms with E-state index in [9.17, 15) is 0 Å². The zero-order valence-electron chi connectivity index (χ0n) is 3.49. The van der Waals surface area contributed by atoms with Crippen molar-refractivity contribution in [3.05, 3.63) is 0 Å². The van der Waals surface area contributed by atoms with E-state index in [1.807, 2.05) is 0 Å². The molecule has 0 spiro atoms. The Morgan fingerprint density at radius 1 is 0.800 bits per heavy atom. The van der Waals surface area contributed by atoms with E-state index in [1.54, 1.807) is 0 Å². The SMILES string of the molecule is [Cl-].[Cl-].[Cl-].[H-].[Na+].[Ru+3]. The molecule has 0 aliphatic rings. The van der Waals surface area contributed by atoms with Crippen molar-refractivity contribution in [1.29, 1.82) is 0 Å². The summed E-state index contributed by atoms with van der Waals surface area (Å²) in [6, 6.07) is 0. The Bertz CT molecular complexity index is 10.8. The van der Waals surface area contributed by atoms with Crippen molar-refractivity contribution >= 4 is 0 Å². The molecule has 0 bridgehead atoms. The zero-order valence-corrected chi connectivity index (χ0v) is 8.49. The molecule has 0 nitrogen and oxygen atoms in total. The van der Waals surface area contributed by atoms with E-state index < -0.39 is 0 Å². The van der Waals surface area contributed by atoms with Gasteiger partial charge in [-0.15, -0.1) is 0 Å². The molecular weight excluding hydrogens is 230 g/mol. The Labute approximate surface area is 86.6 Å². The fourth-order valence-corrected chi connectivity index (χ4v) is 0. The molecule has 5 heteroatoms. The maximum atomic E-state index is 0. The first-order valence-corrected chi connectivity index (χ1v) is 0. The molecule has 1 radical (unpaired) electrons. The summed E-state index contributed by atoms with van der Waals surface area (Å²) in [7, 11) is 0. The summed E-state index contributed by atoms with van der Waals surface area (Å²) in [6.45, 7) is 0. The van der Waals surface area contributed by atoms with E-state index in [-0.39, 0.29) is 87.7 Å². The van der Waals surface area contributed by atoms with Crippen molar-refractivity contribution in [2.24, 2.45) is 0 Å². The molecule has 5 heavy (non-hydrogen) atoms. The summed E-state index contributed by atoms with van der Waals surface area (Å²) < 4.78 is 0. The smallest absolute Gasteiger partial charge is 1.00 e. The van der Waals surface area contributed by atoms with Gasteiger partial charge in [0.15, 0.2) is 0 Å². The molecule has 0 amide bonds. The van der Waals surface area contributed by atoms with E-state index in [2.05, 4.69) is 0 Å². The largest absolute Gasteiger partial charge is 3.00 e. The minimum atomic E-state index is 0. The van der Waals surface area contributed by atoms with Crippen molar-refractivity contribution < 1.29 is 87.7 Å². The van der Waals surface area contributed by atoms with Crippen molar-refractivity contribution in [2.75, 3.05) is 0 Å².